The van der Waals surface area contributed by atoms with E-state index in [0.29, 0.717) is 21.4 Å². The van der Waals surface area contributed by atoms with E-state index in [0.717, 1.165) is 0 Å². The van der Waals surface area contributed by atoms with Crippen LogP contribution in [0.15, 0.2) is 87.5 Å². The summed E-state index contributed by atoms with van der Waals surface area (Å²) in [6, 6.07) is 19.4. The standard InChI is InChI=1S/C20H14BrN3O4/c21-17-7-3-1-5-15(17)20(27)28-24-14-11-9-13(10-12-14)22-23-19(26)16-6-2-4-8-18(16)25/h1-12,24-25H. The molecule has 0 unspecified atom stereocenters. The van der Waals surface area contributed by atoms with E-state index in [4.69, 9.17) is 4.84 Å². The summed E-state index contributed by atoms with van der Waals surface area (Å²) in [4.78, 5) is 29.0. The lowest BCUT2D eigenvalue weighted by Gasteiger charge is -2.07. The lowest BCUT2D eigenvalue weighted by atomic mass is 10.2. The van der Waals surface area contributed by atoms with Crippen LogP contribution in [0.5, 0.6) is 5.75 Å². The minimum Gasteiger partial charge on any atom is -0.507 e. The monoisotopic (exact) mass is 439 g/mol. The Bertz CT molecular complexity index is 1040. The number of phenols is 1. The summed E-state index contributed by atoms with van der Waals surface area (Å²) in [5.41, 5.74) is 3.96. The van der Waals surface area contributed by atoms with Gasteiger partial charge in [-0.25, -0.2) is 10.3 Å². The molecular formula is C20H14BrN3O4. The zero-order chi connectivity index (χ0) is 19.9. The fourth-order valence-electron chi connectivity index (χ4n) is 2.19. The average molecular weight is 440 g/mol. The number of rotatable bonds is 5. The van der Waals surface area contributed by atoms with Crippen LogP contribution in [0.3, 0.4) is 0 Å². The summed E-state index contributed by atoms with van der Waals surface area (Å²) >= 11 is 3.29. The molecule has 140 valence electrons. The molecule has 3 aromatic rings. The average Bonchev–Trinajstić information content (AvgIpc) is 2.71. The van der Waals surface area contributed by atoms with Gasteiger partial charge in [0.15, 0.2) is 0 Å². The summed E-state index contributed by atoms with van der Waals surface area (Å²) in [5.74, 6) is -1.34. The normalized spacial score (nSPS) is 10.6. The molecule has 0 saturated heterocycles. The SMILES string of the molecule is O=C(N=Nc1ccc(NOC(=O)c2ccccc2Br)cc1)c1ccccc1O. The second kappa shape index (κ2) is 8.92. The van der Waals surface area contributed by atoms with Crippen molar-refractivity contribution in [3.8, 4) is 5.75 Å². The molecule has 8 heteroatoms. The van der Waals surface area contributed by atoms with Crippen LogP contribution in [0.4, 0.5) is 11.4 Å². The maximum Gasteiger partial charge on any atom is 0.363 e. The predicted octanol–water partition coefficient (Wildman–Crippen LogP) is 5.26. The van der Waals surface area contributed by atoms with Gasteiger partial charge in [-0.3, -0.25) is 4.79 Å². The van der Waals surface area contributed by atoms with E-state index in [1.165, 1.54) is 12.1 Å². The molecule has 0 saturated carbocycles. The number of para-hydroxylation sites is 1. The second-order valence-electron chi connectivity index (χ2n) is 5.54. The maximum atomic E-state index is 12.0. The Labute approximate surface area is 168 Å². The smallest absolute Gasteiger partial charge is 0.363 e. The van der Waals surface area contributed by atoms with Crippen molar-refractivity contribution in [3.05, 3.63) is 88.4 Å². The first-order chi connectivity index (χ1) is 13.5. The summed E-state index contributed by atoms with van der Waals surface area (Å²) < 4.78 is 0.631. The highest BCUT2D eigenvalue weighted by molar-refractivity contribution is 9.10. The van der Waals surface area contributed by atoms with E-state index >= 15 is 0 Å². The quantitative estimate of drug-likeness (QED) is 0.416. The number of carbonyl (C=O) groups excluding carboxylic acids is 2. The van der Waals surface area contributed by atoms with E-state index in [1.54, 1.807) is 60.7 Å². The lowest BCUT2D eigenvalue weighted by Crippen LogP contribution is -2.11. The third-order valence-electron chi connectivity index (χ3n) is 3.61. The Hall–Kier alpha value is -3.52. The Kier molecular flexibility index (Phi) is 6.13. The summed E-state index contributed by atoms with van der Waals surface area (Å²) in [6.45, 7) is 0. The van der Waals surface area contributed by atoms with E-state index in [1.807, 2.05) is 0 Å². The van der Waals surface area contributed by atoms with E-state index < -0.39 is 11.9 Å². The Balaban J connectivity index is 1.59. The number of phenolic OH excluding ortho intramolecular Hbond substituents is 1. The third kappa shape index (κ3) is 4.80. The van der Waals surface area contributed by atoms with Crippen molar-refractivity contribution in [2.24, 2.45) is 10.2 Å². The topological polar surface area (TPSA) is 100 Å². The van der Waals surface area contributed by atoms with Crippen LogP contribution in [0.25, 0.3) is 0 Å². The number of azo groups is 1. The number of hydrogen-bond acceptors (Lipinski definition) is 6. The second-order valence-corrected chi connectivity index (χ2v) is 6.39. The van der Waals surface area contributed by atoms with Crippen LogP contribution < -0.4 is 5.48 Å². The van der Waals surface area contributed by atoms with Gasteiger partial charge >= 0.3 is 5.97 Å². The molecule has 0 spiro atoms. The van der Waals surface area contributed by atoms with E-state index in [2.05, 4.69) is 31.6 Å². The molecule has 3 rings (SSSR count). The molecule has 7 nitrogen and oxygen atoms in total. The van der Waals surface area contributed by atoms with Gasteiger partial charge in [0, 0.05) is 4.47 Å². The molecule has 0 fully saturated rings. The molecule has 1 amide bonds. The molecule has 0 radical (unpaired) electrons. The van der Waals surface area contributed by atoms with Gasteiger partial charge in [-0.2, -0.15) is 0 Å². The van der Waals surface area contributed by atoms with Gasteiger partial charge < -0.3 is 9.94 Å². The van der Waals surface area contributed by atoms with Crippen LogP contribution in [-0.2, 0) is 4.84 Å². The molecule has 0 bridgehead atoms. The van der Waals surface area contributed by atoms with Crippen molar-refractivity contribution in [1.29, 1.82) is 0 Å². The molecule has 0 aliphatic carbocycles. The van der Waals surface area contributed by atoms with Crippen LogP contribution in [0.1, 0.15) is 20.7 Å². The number of hydrogen-bond donors (Lipinski definition) is 2. The number of amides is 1. The van der Waals surface area contributed by atoms with Crippen molar-refractivity contribution in [2.45, 2.75) is 0 Å². The van der Waals surface area contributed by atoms with Crippen molar-refractivity contribution < 1.29 is 19.5 Å². The van der Waals surface area contributed by atoms with Gasteiger partial charge in [0.1, 0.15) is 5.75 Å². The van der Waals surface area contributed by atoms with Crippen LogP contribution in [0, 0.1) is 0 Å². The first-order valence-corrected chi connectivity index (χ1v) is 8.90. The number of benzene rings is 3. The Morgan fingerprint density at radius 2 is 1.54 bits per heavy atom. The number of nitrogens with zero attached hydrogens (tertiary/aromatic N) is 2. The molecule has 0 heterocycles. The fourth-order valence-corrected chi connectivity index (χ4v) is 2.64. The van der Waals surface area contributed by atoms with Crippen LogP contribution in [0.2, 0.25) is 0 Å². The molecular weight excluding hydrogens is 426 g/mol. The first kappa shape index (κ1) is 19.2. The summed E-state index contributed by atoms with van der Waals surface area (Å²) in [7, 11) is 0. The molecule has 0 atom stereocenters. The highest BCUT2D eigenvalue weighted by atomic mass is 79.9. The highest BCUT2D eigenvalue weighted by Gasteiger charge is 2.11. The van der Waals surface area contributed by atoms with Crippen molar-refractivity contribution in [2.75, 3.05) is 5.48 Å². The molecule has 0 aliphatic heterocycles. The van der Waals surface area contributed by atoms with E-state index in [-0.39, 0.29) is 11.3 Å². The fraction of sp³-hybridized carbons (Fsp3) is 0. The molecule has 3 aromatic carbocycles. The van der Waals surface area contributed by atoms with Crippen molar-refractivity contribution >= 4 is 39.2 Å². The molecule has 28 heavy (non-hydrogen) atoms. The Morgan fingerprint density at radius 3 is 2.21 bits per heavy atom. The zero-order valence-electron chi connectivity index (χ0n) is 14.4. The molecule has 0 aromatic heterocycles. The predicted molar refractivity (Wildman–Crippen MR) is 107 cm³/mol. The maximum absolute atomic E-state index is 12.0. The van der Waals surface area contributed by atoms with Crippen LogP contribution in [-0.4, -0.2) is 17.0 Å². The van der Waals surface area contributed by atoms with Crippen molar-refractivity contribution in [1.82, 2.24) is 0 Å². The van der Waals surface area contributed by atoms with Gasteiger partial charge in [-0.15, -0.1) is 10.2 Å². The largest absolute Gasteiger partial charge is 0.507 e. The van der Waals surface area contributed by atoms with Gasteiger partial charge in [-0.05, 0) is 64.5 Å². The summed E-state index contributed by atoms with van der Waals surface area (Å²) in [6.07, 6.45) is 0. The zero-order valence-corrected chi connectivity index (χ0v) is 16.0. The van der Waals surface area contributed by atoms with Gasteiger partial charge in [0.25, 0.3) is 5.91 Å². The number of nitrogens with one attached hydrogen (secondary N) is 1. The molecule has 0 aliphatic rings. The Morgan fingerprint density at radius 1 is 0.893 bits per heavy atom. The summed E-state index contributed by atoms with van der Waals surface area (Å²) in [5, 5.41) is 17.1. The third-order valence-corrected chi connectivity index (χ3v) is 4.30. The molecule has 2 N–H and O–H groups in total. The van der Waals surface area contributed by atoms with Gasteiger partial charge in [0.05, 0.1) is 22.5 Å². The highest BCUT2D eigenvalue weighted by Crippen LogP contribution is 2.21. The van der Waals surface area contributed by atoms with Crippen molar-refractivity contribution in [3.63, 3.8) is 0 Å². The van der Waals surface area contributed by atoms with Gasteiger partial charge in [0.2, 0.25) is 0 Å². The minimum absolute atomic E-state index is 0.0727. The van der Waals surface area contributed by atoms with Crippen LogP contribution >= 0.6 is 15.9 Å². The first-order valence-electron chi connectivity index (χ1n) is 8.10. The number of halogens is 1. The lowest BCUT2D eigenvalue weighted by molar-refractivity contribution is 0.0595. The van der Waals surface area contributed by atoms with E-state index in [9.17, 15) is 14.7 Å². The van der Waals surface area contributed by atoms with Gasteiger partial charge in [-0.1, -0.05) is 24.3 Å². The minimum atomic E-state index is -0.650. The number of aromatic hydroxyl groups is 1. The number of anilines is 1. The number of carbonyl (C=O) groups is 2.